The van der Waals surface area contributed by atoms with E-state index in [2.05, 4.69) is 36.5 Å². The summed E-state index contributed by atoms with van der Waals surface area (Å²) in [5, 5.41) is 5.07. The third-order valence-electron chi connectivity index (χ3n) is 4.36. The molecular formula is C17H24N2S. The van der Waals surface area contributed by atoms with Crippen LogP contribution in [-0.2, 0) is 6.42 Å². The van der Waals surface area contributed by atoms with Gasteiger partial charge in [0.1, 0.15) is 0 Å². The van der Waals surface area contributed by atoms with Crippen molar-refractivity contribution in [2.45, 2.75) is 51.5 Å². The molecule has 1 aromatic carbocycles. The highest BCUT2D eigenvalue weighted by Crippen LogP contribution is 2.31. The van der Waals surface area contributed by atoms with Gasteiger partial charge in [-0.2, -0.15) is 0 Å². The minimum atomic E-state index is 0.623. The average Bonchev–Trinajstić information content (AvgIpc) is 3.11. The summed E-state index contributed by atoms with van der Waals surface area (Å²) in [6, 6.07) is 9.11. The molecule has 2 aromatic rings. The Kier molecular flexibility index (Phi) is 4.69. The van der Waals surface area contributed by atoms with Crippen molar-refractivity contribution in [1.82, 2.24) is 10.3 Å². The van der Waals surface area contributed by atoms with Crippen molar-refractivity contribution in [3.8, 4) is 0 Å². The first kappa shape index (κ1) is 14.0. The zero-order valence-electron chi connectivity index (χ0n) is 12.3. The van der Waals surface area contributed by atoms with E-state index in [0.717, 1.165) is 24.4 Å². The van der Waals surface area contributed by atoms with E-state index in [1.54, 1.807) is 0 Å². The van der Waals surface area contributed by atoms with Crippen LogP contribution in [0.5, 0.6) is 0 Å². The molecule has 3 rings (SSSR count). The summed E-state index contributed by atoms with van der Waals surface area (Å²) < 4.78 is 1.32. The van der Waals surface area contributed by atoms with Gasteiger partial charge in [0, 0.05) is 12.5 Å². The van der Waals surface area contributed by atoms with E-state index in [0.29, 0.717) is 6.04 Å². The zero-order chi connectivity index (χ0) is 13.8. The Balaban J connectivity index is 1.73. The minimum Gasteiger partial charge on any atom is -0.313 e. The van der Waals surface area contributed by atoms with Crippen LogP contribution < -0.4 is 5.32 Å². The number of thiazole rings is 1. The molecule has 1 atom stereocenters. The van der Waals surface area contributed by atoms with Crippen LogP contribution in [0.4, 0.5) is 0 Å². The molecule has 0 bridgehead atoms. The number of rotatable bonds is 6. The molecule has 0 amide bonds. The third-order valence-corrected chi connectivity index (χ3v) is 5.42. The van der Waals surface area contributed by atoms with E-state index < -0.39 is 0 Å². The van der Waals surface area contributed by atoms with Crippen LogP contribution in [0.3, 0.4) is 0 Å². The molecule has 1 aliphatic carbocycles. The zero-order valence-corrected chi connectivity index (χ0v) is 13.1. The smallest absolute Gasteiger partial charge is 0.0954 e. The topological polar surface area (TPSA) is 24.9 Å². The van der Waals surface area contributed by atoms with E-state index in [4.69, 9.17) is 4.98 Å². The summed E-state index contributed by atoms with van der Waals surface area (Å²) in [5.74, 6) is 0.855. The molecule has 0 radical (unpaired) electrons. The molecule has 1 aromatic heterocycles. The lowest BCUT2D eigenvalue weighted by Crippen LogP contribution is -2.37. The summed E-state index contributed by atoms with van der Waals surface area (Å²) in [7, 11) is 0. The molecule has 20 heavy (non-hydrogen) atoms. The molecule has 1 aliphatic rings. The second-order valence-corrected chi connectivity index (χ2v) is 7.00. The first-order valence-electron chi connectivity index (χ1n) is 7.94. The largest absolute Gasteiger partial charge is 0.313 e. The third kappa shape index (κ3) is 3.21. The Bertz CT molecular complexity index is 510. The van der Waals surface area contributed by atoms with Crippen molar-refractivity contribution >= 4 is 21.6 Å². The maximum Gasteiger partial charge on any atom is 0.0954 e. The second-order valence-electron chi connectivity index (χ2n) is 5.88. The van der Waals surface area contributed by atoms with Gasteiger partial charge in [-0.1, -0.05) is 31.9 Å². The van der Waals surface area contributed by atoms with Crippen LogP contribution in [0.15, 0.2) is 24.3 Å². The summed E-state index contributed by atoms with van der Waals surface area (Å²) in [5.41, 5.74) is 1.16. The highest BCUT2D eigenvalue weighted by molar-refractivity contribution is 7.18. The van der Waals surface area contributed by atoms with Gasteiger partial charge >= 0.3 is 0 Å². The monoisotopic (exact) mass is 288 g/mol. The molecule has 3 heteroatoms. The highest BCUT2D eigenvalue weighted by Gasteiger charge is 2.25. The second kappa shape index (κ2) is 6.68. The lowest BCUT2D eigenvalue weighted by Gasteiger charge is -2.23. The lowest BCUT2D eigenvalue weighted by atomic mass is 9.95. The number of fused-ring (bicyclic) bond motifs is 1. The molecule has 108 valence electrons. The van der Waals surface area contributed by atoms with Crippen LogP contribution in [0.25, 0.3) is 10.2 Å². The Morgan fingerprint density at radius 1 is 1.30 bits per heavy atom. The fourth-order valence-corrected chi connectivity index (χ4v) is 4.32. The van der Waals surface area contributed by atoms with Gasteiger partial charge in [-0.05, 0) is 43.9 Å². The average molecular weight is 288 g/mol. The Labute approximate surface area is 125 Å². The number of aromatic nitrogens is 1. The number of benzene rings is 1. The van der Waals surface area contributed by atoms with Gasteiger partial charge in [-0.15, -0.1) is 11.3 Å². The van der Waals surface area contributed by atoms with E-state index in [1.165, 1.54) is 41.8 Å². The molecule has 0 spiro atoms. The van der Waals surface area contributed by atoms with E-state index in [-0.39, 0.29) is 0 Å². The maximum absolute atomic E-state index is 4.81. The number of para-hydroxylation sites is 1. The van der Waals surface area contributed by atoms with Gasteiger partial charge in [0.25, 0.3) is 0 Å². The van der Waals surface area contributed by atoms with Gasteiger partial charge in [0.05, 0.1) is 15.2 Å². The summed E-state index contributed by atoms with van der Waals surface area (Å²) in [6.45, 7) is 3.38. The van der Waals surface area contributed by atoms with Crippen molar-refractivity contribution < 1.29 is 0 Å². The summed E-state index contributed by atoms with van der Waals surface area (Å²) in [6.07, 6.45) is 7.93. The van der Waals surface area contributed by atoms with Crippen molar-refractivity contribution in [2.24, 2.45) is 5.92 Å². The van der Waals surface area contributed by atoms with Crippen LogP contribution in [0.2, 0.25) is 0 Å². The minimum absolute atomic E-state index is 0.623. The van der Waals surface area contributed by atoms with Crippen LogP contribution in [-0.4, -0.2) is 17.6 Å². The van der Waals surface area contributed by atoms with E-state index in [1.807, 2.05) is 11.3 Å². The van der Waals surface area contributed by atoms with Crippen molar-refractivity contribution in [1.29, 1.82) is 0 Å². The molecule has 1 saturated carbocycles. The molecule has 1 heterocycles. The molecular weight excluding hydrogens is 264 g/mol. The first-order chi connectivity index (χ1) is 9.86. The standard InChI is InChI=1S/C17H24N2S/c1-2-11-18-15(13-7-3-4-8-13)12-17-19-14-9-5-6-10-16(14)20-17/h5-6,9-10,13,15,18H,2-4,7-8,11-12H2,1H3. The molecule has 0 aliphatic heterocycles. The normalized spacial score (nSPS) is 17.9. The fourth-order valence-electron chi connectivity index (χ4n) is 3.29. The van der Waals surface area contributed by atoms with Gasteiger partial charge < -0.3 is 5.32 Å². The van der Waals surface area contributed by atoms with Gasteiger partial charge in [0.15, 0.2) is 0 Å². The van der Waals surface area contributed by atoms with E-state index >= 15 is 0 Å². The Morgan fingerprint density at radius 2 is 2.10 bits per heavy atom. The van der Waals surface area contributed by atoms with Crippen LogP contribution >= 0.6 is 11.3 Å². The van der Waals surface area contributed by atoms with Crippen LogP contribution in [0, 0.1) is 5.92 Å². The summed E-state index contributed by atoms with van der Waals surface area (Å²) in [4.78, 5) is 4.81. The number of hydrogen-bond donors (Lipinski definition) is 1. The lowest BCUT2D eigenvalue weighted by molar-refractivity contribution is 0.356. The van der Waals surface area contributed by atoms with Crippen molar-refractivity contribution in [2.75, 3.05) is 6.54 Å². The van der Waals surface area contributed by atoms with Crippen molar-refractivity contribution in [3.05, 3.63) is 29.3 Å². The predicted molar refractivity (Wildman–Crippen MR) is 87.4 cm³/mol. The van der Waals surface area contributed by atoms with Crippen LogP contribution in [0.1, 0.15) is 44.0 Å². The Hall–Kier alpha value is -0.930. The van der Waals surface area contributed by atoms with Gasteiger partial charge in [-0.3, -0.25) is 0 Å². The quantitative estimate of drug-likeness (QED) is 0.852. The number of nitrogens with zero attached hydrogens (tertiary/aromatic N) is 1. The number of nitrogens with one attached hydrogen (secondary N) is 1. The first-order valence-corrected chi connectivity index (χ1v) is 8.76. The van der Waals surface area contributed by atoms with Gasteiger partial charge in [0.2, 0.25) is 0 Å². The fraction of sp³-hybridized carbons (Fsp3) is 0.588. The maximum atomic E-state index is 4.81. The highest BCUT2D eigenvalue weighted by atomic mass is 32.1. The molecule has 2 nitrogen and oxygen atoms in total. The van der Waals surface area contributed by atoms with Gasteiger partial charge in [-0.25, -0.2) is 4.98 Å². The SMILES string of the molecule is CCCNC(Cc1nc2ccccc2s1)C1CCCC1. The molecule has 1 fully saturated rings. The Morgan fingerprint density at radius 3 is 2.85 bits per heavy atom. The summed E-state index contributed by atoms with van der Waals surface area (Å²) >= 11 is 1.87. The van der Waals surface area contributed by atoms with E-state index in [9.17, 15) is 0 Å². The number of hydrogen-bond acceptors (Lipinski definition) is 3. The molecule has 1 unspecified atom stereocenters. The predicted octanol–water partition coefficient (Wildman–Crippen LogP) is 4.40. The molecule has 1 N–H and O–H groups in total. The molecule has 0 saturated heterocycles. The van der Waals surface area contributed by atoms with Crippen molar-refractivity contribution in [3.63, 3.8) is 0 Å².